The first-order valence-electron chi connectivity index (χ1n) is 13.6. The number of pyridine rings is 1. The van der Waals surface area contributed by atoms with Crippen LogP contribution in [0.3, 0.4) is 0 Å². The third kappa shape index (κ3) is 8.55. The first-order chi connectivity index (χ1) is 16.1. The van der Waals surface area contributed by atoms with Gasteiger partial charge in [0.05, 0.1) is 0 Å². The molecule has 2 aromatic rings. The Labute approximate surface area is 208 Å². The Hall–Kier alpha value is -1.13. The van der Waals surface area contributed by atoms with Crippen LogP contribution in [0.5, 0.6) is 0 Å². The summed E-state index contributed by atoms with van der Waals surface area (Å²) in [7, 11) is 0. The fourth-order valence-corrected chi connectivity index (χ4v) is 22.0. The van der Waals surface area contributed by atoms with E-state index in [4.69, 9.17) is 4.98 Å². The Balaban J connectivity index is 2.71. The molecule has 0 radical (unpaired) electrons. The standard InChI is InChI=1S/C18H21N2.3C4H9.Sn/c1-3-20(4-2)15-17-10-6-5-9-16(17)12-13-18-11-7-8-14-19-18;3*1-3-4-2;/h5-11,13-14H,3-4,15H2,1-2H3;3*1,3-4H2,2H3;. The molecular formula is C30H48N2Sn. The summed E-state index contributed by atoms with van der Waals surface area (Å²) in [6.45, 7) is 14.9. The van der Waals surface area contributed by atoms with Crippen LogP contribution < -0.4 is 0 Å². The molecule has 0 N–H and O–H groups in total. The van der Waals surface area contributed by atoms with Crippen molar-refractivity contribution in [2.75, 3.05) is 13.1 Å². The van der Waals surface area contributed by atoms with E-state index in [9.17, 15) is 0 Å². The van der Waals surface area contributed by atoms with Gasteiger partial charge in [0.2, 0.25) is 0 Å². The van der Waals surface area contributed by atoms with E-state index >= 15 is 0 Å². The Morgan fingerprint density at radius 3 is 1.88 bits per heavy atom. The molecule has 2 nitrogen and oxygen atoms in total. The van der Waals surface area contributed by atoms with Crippen molar-refractivity contribution in [2.45, 2.75) is 93.0 Å². The third-order valence-corrected chi connectivity index (χ3v) is 22.8. The molecule has 0 aliphatic heterocycles. The first kappa shape index (κ1) is 28.1. The van der Waals surface area contributed by atoms with E-state index in [1.165, 1.54) is 63.0 Å². The van der Waals surface area contributed by atoms with Gasteiger partial charge in [0.15, 0.2) is 0 Å². The zero-order chi connectivity index (χ0) is 23.9. The van der Waals surface area contributed by atoms with Crippen LogP contribution in [0.4, 0.5) is 0 Å². The van der Waals surface area contributed by atoms with Gasteiger partial charge in [-0.3, -0.25) is 0 Å². The average molecular weight is 555 g/mol. The van der Waals surface area contributed by atoms with Crippen molar-refractivity contribution in [1.29, 1.82) is 0 Å². The molecule has 0 amide bonds. The second-order valence-corrected chi connectivity index (χ2v) is 22.6. The van der Waals surface area contributed by atoms with Crippen LogP contribution in [-0.2, 0) is 6.54 Å². The minimum atomic E-state index is -2.69. The van der Waals surface area contributed by atoms with E-state index in [0.717, 1.165) is 25.3 Å². The molecule has 1 aromatic carbocycles. The zero-order valence-electron chi connectivity index (χ0n) is 22.1. The number of benzene rings is 1. The van der Waals surface area contributed by atoms with Crippen molar-refractivity contribution >= 4 is 28.0 Å². The van der Waals surface area contributed by atoms with Crippen LogP contribution in [0.15, 0.2) is 48.7 Å². The fraction of sp³-hybridized carbons (Fsp3) is 0.567. The van der Waals surface area contributed by atoms with Gasteiger partial charge in [-0.25, -0.2) is 0 Å². The number of aromatic nitrogens is 1. The number of rotatable bonds is 16. The van der Waals surface area contributed by atoms with E-state index in [2.05, 4.69) is 82.0 Å². The van der Waals surface area contributed by atoms with E-state index in [0.29, 0.717) is 0 Å². The van der Waals surface area contributed by atoms with Crippen molar-refractivity contribution in [3.8, 4) is 0 Å². The van der Waals surface area contributed by atoms with Crippen LogP contribution in [-0.4, -0.2) is 41.4 Å². The SMILES string of the molecule is CCC[CH2][Sn]([CH2]CCC)([CH2]CCC)/[C](=C/c1ccccn1)c1ccccc1CN(CC)CC. The monoisotopic (exact) mass is 556 g/mol. The van der Waals surface area contributed by atoms with E-state index < -0.39 is 18.4 Å². The molecule has 0 spiro atoms. The molecule has 0 atom stereocenters. The molecule has 0 saturated heterocycles. The quantitative estimate of drug-likeness (QED) is 0.193. The Kier molecular flexibility index (Phi) is 13.4. The van der Waals surface area contributed by atoms with Crippen molar-refractivity contribution in [3.63, 3.8) is 0 Å². The predicted octanol–water partition coefficient (Wildman–Crippen LogP) is 8.85. The van der Waals surface area contributed by atoms with Gasteiger partial charge in [0, 0.05) is 0 Å². The zero-order valence-corrected chi connectivity index (χ0v) is 24.9. The summed E-state index contributed by atoms with van der Waals surface area (Å²) < 4.78 is 6.16. The Morgan fingerprint density at radius 1 is 0.788 bits per heavy atom. The summed E-state index contributed by atoms with van der Waals surface area (Å²) in [4.78, 5) is 7.32. The van der Waals surface area contributed by atoms with E-state index in [1.807, 2.05) is 12.3 Å². The van der Waals surface area contributed by atoms with Crippen LogP contribution in [0, 0.1) is 0 Å². The van der Waals surface area contributed by atoms with Gasteiger partial charge in [0.1, 0.15) is 0 Å². The van der Waals surface area contributed by atoms with Crippen LogP contribution >= 0.6 is 0 Å². The number of hydrogen-bond donors (Lipinski definition) is 0. The molecule has 2 rings (SSSR count). The average Bonchev–Trinajstić information content (AvgIpc) is 2.87. The van der Waals surface area contributed by atoms with Gasteiger partial charge in [-0.2, -0.15) is 0 Å². The molecule has 0 aliphatic rings. The van der Waals surface area contributed by atoms with Crippen molar-refractivity contribution in [1.82, 2.24) is 9.88 Å². The maximum atomic E-state index is 4.77. The molecule has 0 unspecified atom stereocenters. The normalized spacial score (nSPS) is 12.5. The van der Waals surface area contributed by atoms with Crippen LogP contribution in [0.1, 0.15) is 90.0 Å². The molecule has 1 aromatic heterocycles. The molecular weight excluding hydrogens is 507 g/mol. The van der Waals surface area contributed by atoms with Crippen LogP contribution in [0.25, 0.3) is 9.67 Å². The maximum absolute atomic E-state index is 4.77. The molecule has 0 saturated carbocycles. The Morgan fingerprint density at radius 2 is 1.36 bits per heavy atom. The molecule has 0 fully saturated rings. The van der Waals surface area contributed by atoms with Gasteiger partial charge in [-0.05, 0) is 0 Å². The summed E-state index contributed by atoms with van der Waals surface area (Å²) in [6, 6.07) is 15.7. The molecule has 0 bridgehead atoms. The molecule has 33 heavy (non-hydrogen) atoms. The van der Waals surface area contributed by atoms with Gasteiger partial charge in [-0.1, -0.05) is 0 Å². The topological polar surface area (TPSA) is 16.1 Å². The van der Waals surface area contributed by atoms with Crippen LogP contribution in [0.2, 0.25) is 13.3 Å². The number of nitrogens with zero attached hydrogens (tertiary/aromatic N) is 2. The van der Waals surface area contributed by atoms with Crippen molar-refractivity contribution in [3.05, 3.63) is 65.5 Å². The molecule has 3 heteroatoms. The fourth-order valence-electron chi connectivity index (χ4n) is 5.06. The summed E-state index contributed by atoms with van der Waals surface area (Å²) in [5.74, 6) is 0. The van der Waals surface area contributed by atoms with Gasteiger partial charge >= 0.3 is 209 Å². The van der Waals surface area contributed by atoms with Crippen molar-refractivity contribution in [2.24, 2.45) is 0 Å². The molecule has 0 aliphatic carbocycles. The summed E-state index contributed by atoms with van der Waals surface area (Å²) in [5.41, 5.74) is 4.18. The van der Waals surface area contributed by atoms with Gasteiger partial charge < -0.3 is 0 Å². The summed E-state index contributed by atoms with van der Waals surface area (Å²) in [6.07, 6.45) is 12.5. The van der Waals surface area contributed by atoms with Crippen molar-refractivity contribution < 1.29 is 0 Å². The minimum absolute atomic E-state index is 1.04. The number of unbranched alkanes of at least 4 members (excludes halogenated alkanes) is 3. The number of hydrogen-bond acceptors (Lipinski definition) is 2. The third-order valence-electron chi connectivity index (χ3n) is 7.17. The summed E-state index contributed by atoms with van der Waals surface area (Å²) in [5, 5.41) is 0. The summed E-state index contributed by atoms with van der Waals surface area (Å²) >= 11 is -2.69. The van der Waals surface area contributed by atoms with Gasteiger partial charge in [0.25, 0.3) is 0 Å². The molecule has 1 heterocycles. The second-order valence-electron chi connectivity index (χ2n) is 9.52. The molecule has 182 valence electrons. The van der Waals surface area contributed by atoms with E-state index in [-0.39, 0.29) is 0 Å². The van der Waals surface area contributed by atoms with E-state index in [1.54, 1.807) is 3.59 Å². The second kappa shape index (κ2) is 15.7. The van der Waals surface area contributed by atoms with Gasteiger partial charge in [-0.15, -0.1) is 0 Å². The first-order valence-corrected chi connectivity index (χ1v) is 21.1. The Bertz CT molecular complexity index is 789. The predicted molar refractivity (Wildman–Crippen MR) is 150 cm³/mol.